The Morgan fingerprint density at radius 3 is 1.27 bits per heavy atom. The molecule has 0 fully saturated rings. The molecule has 0 amide bonds. The first-order valence-electron chi connectivity index (χ1n) is 12.7. The molecular formula is C32H28N4O. The highest BCUT2D eigenvalue weighted by Crippen LogP contribution is 2.53. The summed E-state index contributed by atoms with van der Waals surface area (Å²) in [5, 5.41) is 4.54. The Bertz CT molecular complexity index is 1440. The van der Waals surface area contributed by atoms with Gasteiger partial charge in [-0.15, -0.1) is 0 Å². The Morgan fingerprint density at radius 2 is 0.865 bits per heavy atom. The summed E-state index contributed by atoms with van der Waals surface area (Å²) in [6.45, 7) is 9.08. The van der Waals surface area contributed by atoms with Crippen molar-refractivity contribution in [3.8, 4) is 0 Å². The van der Waals surface area contributed by atoms with Crippen molar-refractivity contribution in [2.45, 2.75) is 38.5 Å². The zero-order chi connectivity index (χ0) is 25.4. The van der Waals surface area contributed by atoms with E-state index in [9.17, 15) is 0 Å². The lowest BCUT2D eigenvalue weighted by Gasteiger charge is -2.40. The van der Waals surface area contributed by atoms with Crippen molar-refractivity contribution in [3.63, 3.8) is 0 Å². The highest BCUT2D eigenvalue weighted by atomic mass is 16.5. The van der Waals surface area contributed by atoms with Gasteiger partial charge in [-0.1, -0.05) is 100 Å². The predicted octanol–water partition coefficient (Wildman–Crippen LogP) is 8.29. The third-order valence-corrected chi connectivity index (χ3v) is 8.07. The molecule has 0 unspecified atom stereocenters. The van der Waals surface area contributed by atoms with Crippen LogP contribution in [0.15, 0.2) is 102 Å². The Hall–Kier alpha value is -4.38. The molecule has 0 N–H and O–H groups in total. The van der Waals surface area contributed by atoms with Crippen molar-refractivity contribution < 1.29 is 4.52 Å². The van der Waals surface area contributed by atoms with Crippen LogP contribution in [0.2, 0.25) is 0 Å². The van der Waals surface area contributed by atoms with Crippen molar-refractivity contribution in [1.82, 2.24) is 10.1 Å². The van der Waals surface area contributed by atoms with Gasteiger partial charge in [0.2, 0.25) is 0 Å². The van der Waals surface area contributed by atoms with E-state index in [1.807, 2.05) is 0 Å². The number of hydrogen-bond acceptors (Lipinski definition) is 5. The smallest absolute Gasteiger partial charge is 0.312 e. The molecule has 2 aliphatic rings. The van der Waals surface area contributed by atoms with Crippen molar-refractivity contribution in [3.05, 3.63) is 119 Å². The maximum absolute atomic E-state index is 6.04. The minimum atomic E-state index is -0.150. The predicted molar refractivity (Wildman–Crippen MR) is 148 cm³/mol. The molecular weight excluding hydrogens is 456 g/mol. The topological polar surface area (TPSA) is 45.4 Å². The second-order valence-corrected chi connectivity index (χ2v) is 10.9. The minimum absolute atomic E-state index is 0.146. The quantitative estimate of drug-likeness (QED) is 0.252. The van der Waals surface area contributed by atoms with Gasteiger partial charge >= 0.3 is 6.01 Å². The Labute approximate surface area is 217 Å². The number of anilines is 6. The van der Waals surface area contributed by atoms with E-state index in [2.05, 4.69) is 140 Å². The van der Waals surface area contributed by atoms with E-state index >= 15 is 0 Å². The largest absolute Gasteiger partial charge is 0.334 e. The summed E-state index contributed by atoms with van der Waals surface area (Å²) in [4.78, 5) is 9.24. The molecule has 5 aromatic rings. The summed E-state index contributed by atoms with van der Waals surface area (Å²) in [6, 6.07) is 34.4. The molecule has 0 atom stereocenters. The molecule has 2 aliphatic heterocycles. The van der Waals surface area contributed by atoms with Crippen LogP contribution in [-0.4, -0.2) is 10.1 Å². The third kappa shape index (κ3) is 2.97. The van der Waals surface area contributed by atoms with Gasteiger partial charge in [0.1, 0.15) is 0 Å². The number of hydrogen-bond donors (Lipinski definition) is 0. The number of rotatable bonds is 2. The molecule has 7 rings (SSSR count). The molecule has 0 bridgehead atoms. The summed E-state index contributed by atoms with van der Waals surface area (Å²) >= 11 is 0. The fourth-order valence-electron chi connectivity index (χ4n) is 6.15. The lowest BCUT2D eigenvalue weighted by Crippen LogP contribution is -2.31. The maximum Gasteiger partial charge on any atom is 0.334 e. The fourth-order valence-corrected chi connectivity index (χ4v) is 6.15. The molecule has 37 heavy (non-hydrogen) atoms. The number of aromatic nitrogens is 2. The molecule has 1 aromatic heterocycles. The van der Waals surface area contributed by atoms with Crippen LogP contribution in [0.3, 0.4) is 0 Å². The average Bonchev–Trinajstić information content (AvgIpc) is 3.38. The van der Waals surface area contributed by atoms with Crippen LogP contribution in [0.25, 0.3) is 0 Å². The fraction of sp³-hybridized carbons (Fsp3) is 0.188. The highest BCUT2D eigenvalue weighted by molar-refractivity contribution is 5.86. The highest BCUT2D eigenvalue weighted by Gasteiger charge is 2.40. The first-order valence-corrected chi connectivity index (χ1v) is 12.7. The molecule has 5 heteroatoms. The van der Waals surface area contributed by atoms with Gasteiger partial charge < -0.3 is 4.52 Å². The van der Waals surface area contributed by atoms with E-state index in [-0.39, 0.29) is 10.8 Å². The van der Waals surface area contributed by atoms with Crippen LogP contribution in [0.1, 0.15) is 49.9 Å². The molecule has 182 valence electrons. The van der Waals surface area contributed by atoms with Crippen LogP contribution in [-0.2, 0) is 10.8 Å². The number of para-hydroxylation sites is 4. The zero-order valence-electron chi connectivity index (χ0n) is 21.4. The first-order chi connectivity index (χ1) is 17.9. The van der Waals surface area contributed by atoms with Gasteiger partial charge in [-0.25, -0.2) is 0 Å². The van der Waals surface area contributed by atoms with Crippen LogP contribution < -0.4 is 9.80 Å². The number of fused-ring (bicyclic) bond motifs is 4. The number of nitrogens with zero attached hydrogens (tertiary/aromatic N) is 4. The molecule has 0 saturated carbocycles. The average molecular weight is 485 g/mol. The Kier molecular flexibility index (Phi) is 4.47. The summed E-state index contributed by atoms with van der Waals surface area (Å²) in [5.41, 5.74) is 8.87. The lowest BCUT2D eigenvalue weighted by molar-refractivity contribution is 0.426. The standard InChI is InChI=1S/C32H28N4O/c1-31(2)21-13-5-9-17-25(21)35(26-18-10-6-14-22(26)31)29-33-30(37-34-29)36-27-19-11-7-15-23(27)32(3,4)24-16-8-12-20-28(24)36/h5-20H,1-4H3. The molecule has 3 heterocycles. The summed E-state index contributed by atoms with van der Waals surface area (Å²) in [6.07, 6.45) is 0. The van der Waals surface area contributed by atoms with Gasteiger partial charge in [-0.2, -0.15) is 4.98 Å². The van der Waals surface area contributed by atoms with E-state index in [1.54, 1.807) is 0 Å². The van der Waals surface area contributed by atoms with Gasteiger partial charge in [0, 0.05) is 10.8 Å². The summed E-state index contributed by atoms with van der Waals surface area (Å²) in [7, 11) is 0. The molecule has 0 saturated heterocycles. The Morgan fingerprint density at radius 1 is 0.514 bits per heavy atom. The van der Waals surface area contributed by atoms with Gasteiger partial charge in [0.15, 0.2) is 0 Å². The van der Waals surface area contributed by atoms with Crippen molar-refractivity contribution >= 4 is 34.7 Å². The molecule has 4 aromatic carbocycles. The molecule has 0 radical (unpaired) electrons. The van der Waals surface area contributed by atoms with E-state index in [0.29, 0.717) is 12.0 Å². The van der Waals surface area contributed by atoms with Gasteiger partial charge in [0.05, 0.1) is 22.7 Å². The second-order valence-electron chi connectivity index (χ2n) is 10.9. The van der Waals surface area contributed by atoms with Crippen molar-refractivity contribution in [1.29, 1.82) is 0 Å². The van der Waals surface area contributed by atoms with Gasteiger partial charge in [-0.05, 0) is 51.7 Å². The first kappa shape index (κ1) is 21.9. The van der Waals surface area contributed by atoms with Crippen LogP contribution in [0.4, 0.5) is 34.7 Å². The number of benzene rings is 4. The van der Waals surface area contributed by atoms with Crippen molar-refractivity contribution in [2.24, 2.45) is 0 Å². The van der Waals surface area contributed by atoms with E-state index < -0.39 is 0 Å². The SMILES string of the molecule is CC1(C)c2ccccc2N(c2noc(N3c4ccccc4C(C)(C)c4ccccc43)n2)c2ccccc21. The van der Waals surface area contributed by atoms with E-state index in [1.165, 1.54) is 22.3 Å². The van der Waals surface area contributed by atoms with Crippen molar-refractivity contribution in [2.75, 3.05) is 9.80 Å². The summed E-state index contributed by atoms with van der Waals surface area (Å²) < 4.78 is 6.04. The van der Waals surface area contributed by atoms with Gasteiger partial charge in [-0.3, -0.25) is 9.80 Å². The maximum atomic E-state index is 6.04. The lowest BCUT2D eigenvalue weighted by atomic mass is 9.74. The molecule has 0 spiro atoms. The normalized spacial score (nSPS) is 16.4. The summed E-state index contributed by atoms with van der Waals surface area (Å²) in [5.74, 6) is 0.519. The van der Waals surface area contributed by atoms with E-state index in [0.717, 1.165) is 22.7 Å². The van der Waals surface area contributed by atoms with Crippen LogP contribution in [0.5, 0.6) is 0 Å². The molecule has 0 aliphatic carbocycles. The monoisotopic (exact) mass is 484 g/mol. The zero-order valence-corrected chi connectivity index (χ0v) is 21.4. The molecule has 5 nitrogen and oxygen atoms in total. The Balaban J connectivity index is 1.42. The minimum Gasteiger partial charge on any atom is -0.312 e. The van der Waals surface area contributed by atoms with Gasteiger partial charge in [0.25, 0.3) is 5.95 Å². The van der Waals surface area contributed by atoms with E-state index in [4.69, 9.17) is 9.51 Å². The second kappa shape index (κ2) is 7.56. The van der Waals surface area contributed by atoms with Crippen LogP contribution in [0, 0.1) is 0 Å². The van der Waals surface area contributed by atoms with Crippen LogP contribution >= 0.6 is 0 Å². The third-order valence-electron chi connectivity index (χ3n) is 8.07.